The average Bonchev–Trinajstić information content (AvgIpc) is 3.28. The maximum Gasteiger partial charge on any atom is 0.279 e. The lowest BCUT2D eigenvalue weighted by atomic mass is 10.1. The van der Waals surface area contributed by atoms with Gasteiger partial charge in [0, 0.05) is 12.0 Å². The van der Waals surface area contributed by atoms with Gasteiger partial charge < -0.3 is 9.26 Å². The van der Waals surface area contributed by atoms with Crippen LogP contribution in [0.3, 0.4) is 0 Å². The summed E-state index contributed by atoms with van der Waals surface area (Å²) >= 11 is 1.27. The molecule has 0 aliphatic carbocycles. The van der Waals surface area contributed by atoms with Crippen molar-refractivity contribution in [3.63, 3.8) is 0 Å². The summed E-state index contributed by atoms with van der Waals surface area (Å²) in [7, 11) is 0. The van der Waals surface area contributed by atoms with Gasteiger partial charge in [-0.05, 0) is 38.0 Å². The normalized spacial score (nSPS) is 12.2. The molecule has 0 aliphatic heterocycles. The second-order valence-corrected chi connectivity index (χ2v) is 7.64. The zero-order valence-electron chi connectivity index (χ0n) is 15.9. The molecular formula is C19H22N4O3S. The molecule has 0 saturated heterocycles. The van der Waals surface area contributed by atoms with E-state index in [1.54, 1.807) is 6.07 Å². The molecule has 1 N–H and O–H groups in total. The number of nitrogens with one attached hydrogen (secondary N) is 1. The van der Waals surface area contributed by atoms with Gasteiger partial charge in [-0.2, -0.15) is 0 Å². The Kier molecular flexibility index (Phi) is 5.55. The van der Waals surface area contributed by atoms with Crippen LogP contribution in [0.25, 0.3) is 0 Å². The lowest BCUT2D eigenvalue weighted by Crippen LogP contribution is -2.11. The number of aryl methyl sites for hydroxylation is 1. The Labute approximate surface area is 161 Å². The molecule has 0 bridgehead atoms. The van der Waals surface area contributed by atoms with E-state index in [1.807, 2.05) is 52.8 Å². The molecule has 3 rings (SSSR count). The quantitative estimate of drug-likeness (QED) is 0.663. The predicted octanol–water partition coefficient (Wildman–Crippen LogP) is 4.66. The molecule has 3 aromatic rings. The first kappa shape index (κ1) is 19.0. The van der Waals surface area contributed by atoms with Gasteiger partial charge in [-0.3, -0.25) is 10.1 Å². The number of anilines is 1. The predicted molar refractivity (Wildman–Crippen MR) is 103 cm³/mol. The number of aromatic nitrogens is 3. The fourth-order valence-corrected chi connectivity index (χ4v) is 3.09. The number of rotatable bonds is 6. The number of carbonyl (C=O) groups is 1. The Bertz CT molecular complexity index is 948. The summed E-state index contributed by atoms with van der Waals surface area (Å²) in [4.78, 5) is 12.3. The van der Waals surface area contributed by atoms with Crippen LogP contribution in [-0.2, 0) is 0 Å². The minimum absolute atomic E-state index is 0.162. The second kappa shape index (κ2) is 7.87. The number of benzene rings is 1. The fourth-order valence-electron chi connectivity index (χ4n) is 2.37. The molecule has 1 amide bonds. The van der Waals surface area contributed by atoms with Gasteiger partial charge in [0.05, 0.1) is 0 Å². The van der Waals surface area contributed by atoms with E-state index in [0.717, 1.165) is 11.3 Å². The molecule has 7 nitrogen and oxygen atoms in total. The molecule has 142 valence electrons. The van der Waals surface area contributed by atoms with Crippen molar-refractivity contribution in [1.82, 2.24) is 15.4 Å². The molecule has 1 atom stereocenters. The van der Waals surface area contributed by atoms with Crippen LogP contribution in [0.2, 0.25) is 0 Å². The van der Waals surface area contributed by atoms with Crippen molar-refractivity contribution in [2.45, 2.75) is 46.6 Å². The van der Waals surface area contributed by atoms with Crippen molar-refractivity contribution in [2.75, 3.05) is 5.32 Å². The van der Waals surface area contributed by atoms with E-state index in [9.17, 15) is 4.79 Å². The zero-order chi connectivity index (χ0) is 19.6. The second-order valence-electron chi connectivity index (χ2n) is 6.63. The smallest absolute Gasteiger partial charge is 0.279 e. The van der Waals surface area contributed by atoms with E-state index >= 15 is 0 Å². The van der Waals surface area contributed by atoms with E-state index in [1.165, 1.54) is 16.9 Å². The van der Waals surface area contributed by atoms with Crippen LogP contribution in [-0.4, -0.2) is 21.3 Å². The Morgan fingerprint density at radius 1 is 1.22 bits per heavy atom. The summed E-state index contributed by atoms with van der Waals surface area (Å²) in [6.07, 6.45) is -0.284. The highest BCUT2D eigenvalue weighted by atomic mass is 32.1. The molecule has 0 spiro atoms. The Hall–Kier alpha value is -2.74. The molecular weight excluding hydrogens is 364 g/mol. The minimum atomic E-state index is -0.378. The standard InChI is InChI=1S/C19H22N4O3S/c1-10(2)16-9-14(23-26-16)17(24)20-19-22-21-18(27-19)13(5)25-15-8-6-7-11(3)12(15)4/h6-10,13H,1-5H3,(H,20,22,24)/t13-/m1/s1. The van der Waals surface area contributed by atoms with Crippen molar-refractivity contribution in [1.29, 1.82) is 0 Å². The number of hydrogen-bond acceptors (Lipinski definition) is 7. The van der Waals surface area contributed by atoms with Gasteiger partial charge in [0.25, 0.3) is 5.91 Å². The Morgan fingerprint density at radius 3 is 2.70 bits per heavy atom. The van der Waals surface area contributed by atoms with Gasteiger partial charge in [0.1, 0.15) is 17.6 Å². The van der Waals surface area contributed by atoms with E-state index in [4.69, 9.17) is 9.26 Å². The third kappa shape index (κ3) is 4.33. The van der Waals surface area contributed by atoms with Crippen molar-refractivity contribution < 1.29 is 14.1 Å². The van der Waals surface area contributed by atoms with Gasteiger partial charge in [0.15, 0.2) is 10.7 Å². The van der Waals surface area contributed by atoms with Crippen molar-refractivity contribution >= 4 is 22.4 Å². The van der Waals surface area contributed by atoms with Gasteiger partial charge in [-0.25, -0.2) is 0 Å². The van der Waals surface area contributed by atoms with Gasteiger partial charge in [-0.15, -0.1) is 10.2 Å². The molecule has 1 aromatic carbocycles. The van der Waals surface area contributed by atoms with Crippen LogP contribution in [0.4, 0.5) is 5.13 Å². The van der Waals surface area contributed by atoms with Crippen LogP contribution in [0.15, 0.2) is 28.8 Å². The van der Waals surface area contributed by atoms with Crippen LogP contribution >= 0.6 is 11.3 Å². The van der Waals surface area contributed by atoms with E-state index in [-0.39, 0.29) is 23.6 Å². The first-order valence-electron chi connectivity index (χ1n) is 8.69. The Balaban J connectivity index is 1.66. The first-order valence-corrected chi connectivity index (χ1v) is 9.51. The maximum atomic E-state index is 12.3. The lowest BCUT2D eigenvalue weighted by molar-refractivity contribution is 0.101. The lowest BCUT2D eigenvalue weighted by Gasteiger charge is -2.14. The fraction of sp³-hybridized carbons (Fsp3) is 0.368. The van der Waals surface area contributed by atoms with E-state index in [2.05, 4.69) is 20.7 Å². The van der Waals surface area contributed by atoms with E-state index in [0.29, 0.717) is 15.9 Å². The maximum absolute atomic E-state index is 12.3. The zero-order valence-corrected chi connectivity index (χ0v) is 16.8. The average molecular weight is 386 g/mol. The third-order valence-electron chi connectivity index (χ3n) is 4.20. The van der Waals surface area contributed by atoms with Crippen LogP contribution in [0, 0.1) is 13.8 Å². The highest BCUT2D eigenvalue weighted by Gasteiger charge is 2.19. The number of ether oxygens (including phenoxy) is 1. The highest BCUT2D eigenvalue weighted by molar-refractivity contribution is 7.15. The minimum Gasteiger partial charge on any atom is -0.483 e. The summed E-state index contributed by atoms with van der Waals surface area (Å²) in [5.74, 6) is 1.26. The van der Waals surface area contributed by atoms with Gasteiger partial charge >= 0.3 is 0 Å². The number of nitrogens with zero attached hydrogens (tertiary/aromatic N) is 3. The Morgan fingerprint density at radius 2 is 2.00 bits per heavy atom. The molecule has 0 radical (unpaired) electrons. The summed E-state index contributed by atoms with van der Waals surface area (Å²) in [5.41, 5.74) is 2.47. The molecule has 27 heavy (non-hydrogen) atoms. The first-order chi connectivity index (χ1) is 12.8. The summed E-state index contributed by atoms with van der Waals surface area (Å²) in [6.45, 7) is 9.90. The number of carbonyl (C=O) groups excluding carboxylic acids is 1. The number of hydrogen-bond donors (Lipinski definition) is 1. The topological polar surface area (TPSA) is 90.1 Å². The molecule has 2 heterocycles. The van der Waals surface area contributed by atoms with Gasteiger partial charge in [-0.1, -0.05) is 42.5 Å². The van der Waals surface area contributed by atoms with Crippen LogP contribution in [0.5, 0.6) is 5.75 Å². The largest absolute Gasteiger partial charge is 0.483 e. The monoisotopic (exact) mass is 386 g/mol. The molecule has 8 heteroatoms. The summed E-state index contributed by atoms with van der Waals surface area (Å²) in [6, 6.07) is 7.56. The molecule has 0 aliphatic rings. The van der Waals surface area contributed by atoms with Crippen LogP contribution < -0.4 is 10.1 Å². The molecule has 0 fully saturated rings. The summed E-state index contributed by atoms with van der Waals surface area (Å²) < 4.78 is 11.2. The van der Waals surface area contributed by atoms with Crippen molar-refractivity contribution in [3.8, 4) is 5.75 Å². The van der Waals surface area contributed by atoms with Crippen molar-refractivity contribution in [2.24, 2.45) is 0 Å². The molecule has 0 unspecified atom stereocenters. The molecule has 2 aromatic heterocycles. The van der Waals surface area contributed by atoms with Crippen LogP contribution in [0.1, 0.15) is 65.2 Å². The third-order valence-corrected chi connectivity index (χ3v) is 5.20. The molecule has 0 saturated carbocycles. The summed E-state index contributed by atoms with van der Waals surface area (Å²) in [5, 5.41) is 15.7. The van der Waals surface area contributed by atoms with Crippen molar-refractivity contribution in [3.05, 3.63) is 51.9 Å². The number of amides is 1. The highest BCUT2D eigenvalue weighted by Crippen LogP contribution is 2.29. The van der Waals surface area contributed by atoms with Gasteiger partial charge in [0.2, 0.25) is 5.13 Å². The SMILES string of the molecule is Cc1cccc(O[C@H](C)c2nnc(NC(=O)c3cc(C(C)C)on3)s2)c1C. The van der Waals surface area contributed by atoms with E-state index < -0.39 is 0 Å².